The first-order valence-electron chi connectivity index (χ1n) is 9.04. The van der Waals surface area contributed by atoms with Crippen molar-refractivity contribution < 1.29 is 27.1 Å². The van der Waals surface area contributed by atoms with Crippen LogP contribution in [0.4, 0.5) is 4.39 Å². The molecule has 0 spiro atoms. The summed E-state index contributed by atoms with van der Waals surface area (Å²) in [4.78, 5) is 11.9. The standard InChI is InChI=1S/C21H22FNO5S/c1-4-10-23-12-17(13-27-21(24)16-9-8-14(2)15(3)11-16)28-19-7-5-6-18(22)20(19)29(23,25)26/h4-9,11,17H,1,10,12-13H2,2-3H3/t17-/m1/s1. The van der Waals surface area contributed by atoms with Gasteiger partial charge >= 0.3 is 5.97 Å². The van der Waals surface area contributed by atoms with E-state index in [4.69, 9.17) is 9.47 Å². The molecule has 0 aromatic heterocycles. The Hall–Kier alpha value is -2.71. The van der Waals surface area contributed by atoms with Crippen molar-refractivity contribution in [3.8, 4) is 5.75 Å². The molecular formula is C21H22FNO5S. The van der Waals surface area contributed by atoms with E-state index < -0.39 is 32.8 Å². The molecule has 0 fully saturated rings. The number of esters is 1. The van der Waals surface area contributed by atoms with Crippen molar-refractivity contribution in [1.29, 1.82) is 0 Å². The molecule has 2 aromatic rings. The lowest BCUT2D eigenvalue weighted by atomic mass is 10.1. The fourth-order valence-corrected chi connectivity index (χ4v) is 4.63. The Morgan fingerprint density at radius 2 is 2.07 bits per heavy atom. The van der Waals surface area contributed by atoms with Gasteiger partial charge in [0.05, 0.1) is 12.1 Å². The molecule has 0 amide bonds. The van der Waals surface area contributed by atoms with Gasteiger partial charge in [-0.15, -0.1) is 6.58 Å². The van der Waals surface area contributed by atoms with Gasteiger partial charge in [-0.25, -0.2) is 17.6 Å². The van der Waals surface area contributed by atoms with Crippen LogP contribution < -0.4 is 4.74 Å². The normalized spacial score (nSPS) is 18.2. The fraction of sp³-hybridized carbons (Fsp3) is 0.286. The van der Waals surface area contributed by atoms with Crippen molar-refractivity contribution in [3.05, 3.63) is 71.6 Å². The van der Waals surface area contributed by atoms with Crippen molar-refractivity contribution in [2.24, 2.45) is 0 Å². The maximum Gasteiger partial charge on any atom is 0.338 e. The predicted molar refractivity (Wildman–Crippen MR) is 106 cm³/mol. The van der Waals surface area contributed by atoms with Gasteiger partial charge in [-0.3, -0.25) is 0 Å². The van der Waals surface area contributed by atoms with Crippen LogP contribution in [-0.4, -0.2) is 44.5 Å². The Labute approximate surface area is 169 Å². The van der Waals surface area contributed by atoms with Gasteiger partial charge in [0, 0.05) is 6.54 Å². The van der Waals surface area contributed by atoms with E-state index in [-0.39, 0.29) is 25.4 Å². The van der Waals surface area contributed by atoms with E-state index >= 15 is 0 Å². The molecule has 0 unspecified atom stereocenters. The zero-order valence-corrected chi connectivity index (χ0v) is 17.0. The molecular weight excluding hydrogens is 397 g/mol. The minimum Gasteiger partial charge on any atom is -0.484 e. The van der Waals surface area contributed by atoms with Crippen molar-refractivity contribution in [1.82, 2.24) is 4.31 Å². The fourth-order valence-electron chi connectivity index (χ4n) is 3.03. The van der Waals surface area contributed by atoms with E-state index in [9.17, 15) is 17.6 Å². The molecule has 29 heavy (non-hydrogen) atoms. The molecule has 1 atom stereocenters. The second-order valence-electron chi connectivity index (χ2n) is 6.82. The molecule has 1 aliphatic heterocycles. The molecule has 0 aliphatic carbocycles. The lowest BCUT2D eigenvalue weighted by molar-refractivity contribution is 0.0287. The van der Waals surface area contributed by atoms with Crippen LogP contribution in [0.25, 0.3) is 0 Å². The lowest BCUT2D eigenvalue weighted by Gasteiger charge is -2.21. The average molecular weight is 419 g/mol. The van der Waals surface area contributed by atoms with E-state index in [1.54, 1.807) is 12.1 Å². The Balaban J connectivity index is 1.83. The highest BCUT2D eigenvalue weighted by Gasteiger charge is 2.37. The minimum atomic E-state index is -4.12. The maximum atomic E-state index is 14.3. The first-order chi connectivity index (χ1) is 13.7. The smallest absolute Gasteiger partial charge is 0.338 e. The molecule has 2 aromatic carbocycles. The van der Waals surface area contributed by atoms with E-state index in [1.807, 2.05) is 19.9 Å². The number of halogens is 1. The van der Waals surface area contributed by atoms with Gasteiger partial charge in [-0.05, 0) is 49.2 Å². The molecule has 0 saturated carbocycles. The molecule has 0 radical (unpaired) electrons. The summed E-state index contributed by atoms with van der Waals surface area (Å²) < 4.78 is 52.1. The molecule has 1 heterocycles. The van der Waals surface area contributed by atoms with Crippen molar-refractivity contribution in [3.63, 3.8) is 0 Å². The van der Waals surface area contributed by atoms with Gasteiger partial charge in [0.15, 0.2) is 4.90 Å². The number of sulfonamides is 1. The minimum absolute atomic E-state index is 0.0267. The highest BCUT2D eigenvalue weighted by atomic mass is 32.2. The highest BCUT2D eigenvalue weighted by Crippen LogP contribution is 2.33. The molecule has 8 heteroatoms. The van der Waals surface area contributed by atoms with Crippen LogP contribution in [0.3, 0.4) is 0 Å². The zero-order valence-electron chi connectivity index (χ0n) is 16.2. The van der Waals surface area contributed by atoms with Crippen LogP contribution in [0.2, 0.25) is 0 Å². The summed E-state index contributed by atoms with van der Waals surface area (Å²) in [5.74, 6) is -1.55. The third-order valence-electron chi connectivity index (χ3n) is 4.71. The van der Waals surface area contributed by atoms with Crippen LogP contribution in [0, 0.1) is 19.7 Å². The SMILES string of the molecule is C=CCN1C[C@H](COC(=O)c2ccc(C)c(C)c2)Oc2cccc(F)c2S1(=O)=O. The number of carbonyl (C=O) groups is 1. The van der Waals surface area contributed by atoms with Gasteiger partial charge in [-0.2, -0.15) is 4.31 Å². The first-order valence-corrected chi connectivity index (χ1v) is 10.5. The van der Waals surface area contributed by atoms with Crippen molar-refractivity contribution in [2.75, 3.05) is 19.7 Å². The van der Waals surface area contributed by atoms with Gasteiger partial charge < -0.3 is 9.47 Å². The zero-order chi connectivity index (χ0) is 21.2. The third-order valence-corrected chi connectivity index (χ3v) is 6.60. The molecule has 1 aliphatic rings. The number of ether oxygens (including phenoxy) is 2. The average Bonchev–Trinajstić information content (AvgIpc) is 2.77. The van der Waals surface area contributed by atoms with Crippen LogP contribution >= 0.6 is 0 Å². The van der Waals surface area contributed by atoms with E-state index in [1.165, 1.54) is 18.2 Å². The van der Waals surface area contributed by atoms with Crippen LogP contribution in [0.15, 0.2) is 53.9 Å². The summed E-state index contributed by atoms with van der Waals surface area (Å²) in [7, 11) is -4.12. The summed E-state index contributed by atoms with van der Waals surface area (Å²) in [5.41, 5.74) is 2.40. The maximum absolute atomic E-state index is 14.3. The molecule has 3 rings (SSSR count). The Morgan fingerprint density at radius 1 is 1.31 bits per heavy atom. The number of hydrogen-bond acceptors (Lipinski definition) is 5. The number of nitrogens with zero attached hydrogens (tertiary/aromatic N) is 1. The summed E-state index contributed by atoms with van der Waals surface area (Å²) in [6.07, 6.45) is 0.602. The van der Waals surface area contributed by atoms with Crippen molar-refractivity contribution >= 4 is 16.0 Å². The number of aryl methyl sites for hydroxylation is 2. The quantitative estimate of drug-likeness (QED) is 0.550. The highest BCUT2D eigenvalue weighted by molar-refractivity contribution is 7.89. The van der Waals surface area contributed by atoms with Gasteiger partial charge in [-0.1, -0.05) is 18.2 Å². The second-order valence-corrected chi connectivity index (χ2v) is 8.69. The molecule has 154 valence electrons. The topological polar surface area (TPSA) is 72.9 Å². The summed E-state index contributed by atoms with van der Waals surface area (Å²) in [6.45, 7) is 7.07. The summed E-state index contributed by atoms with van der Waals surface area (Å²) in [5, 5.41) is 0. The molecule has 6 nitrogen and oxygen atoms in total. The number of carbonyl (C=O) groups excluding carboxylic acids is 1. The lowest BCUT2D eigenvalue weighted by Crippen LogP contribution is -2.39. The Morgan fingerprint density at radius 3 is 2.76 bits per heavy atom. The van der Waals surface area contributed by atoms with Gasteiger partial charge in [0.2, 0.25) is 10.0 Å². The van der Waals surface area contributed by atoms with Crippen LogP contribution in [0.1, 0.15) is 21.5 Å². The van der Waals surface area contributed by atoms with Gasteiger partial charge in [0.25, 0.3) is 0 Å². The monoisotopic (exact) mass is 419 g/mol. The predicted octanol–water partition coefficient (Wildman–Crippen LogP) is 3.24. The Bertz CT molecular complexity index is 1050. The van der Waals surface area contributed by atoms with Crippen molar-refractivity contribution in [2.45, 2.75) is 24.8 Å². The van der Waals surface area contributed by atoms with E-state index in [2.05, 4.69) is 6.58 Å². The third kappa shape index (κ3) is 4.33. The number of benzene rings is 2. The van der Waals surface area contributed by atoms with Gasteiger partial charge in [0.1, 0.15) is 24.3 Å². The largest absolute Gasteiger partial charge is 0.484 e. The van der Waals surface area contributed by atoms with E-state index in [0.29, 0.717) is 5.56 Å². The first kappa shape index (κ1) is 21.0. The molecule has 0 N–H and O–H groups in total. The van der Waals surface area contributed by atoms with E-state index in [0.717, 1.165) is 21.5 Å². The summed E-state index contributed by atoms with van der Waals surface area (Å²) >= 11 is 0. The van der Waals surface area contributed by atoms with Crippen LogP contribution in [0.5, 0.6) is 5.75 Å². The molecule has 0 saturated heterocycles. The number of hydrogen-bond donors (Lipinski definition) is 0. The molecule has 0 bridgehead atoms. The van der Waals surface area contributed by atoms with Crippen LogP contribution in [-0.2, 0) is 14.8 Å². The second kappa shape index (κ2) is 8.34. The number of fused-ring (bicyclic) bond motifs is 1. The summed E-state index contributed by atoms with van der Waals surface area (Å²) in [6, 6.07) is 9.02. The Kier molecular flexibility index (Phi) is 6.04. The number of rotatable bonds is 5.